The van der Waals surface area contributed by atoms with Crippen LogP contribution in [0, 0.1) is 6.92 Å². The number of nitrogens with zero attached hydrogens (tertiary/aromatic N) is 3. The Labute approximate surface area is 193 Å². The van der Waals surface area contributed by atoms with Gasteiger partial charge in [-0.15, -0.1) is 24.0 Å². The fourth-order valence-corrected chi connectivity index (χ4v) is 4.49. The lowest BCUT2D eigenvalue weighted by Crippen LogP contribution is -2.53. The third-order valence-electron chi connectivity index (χ3n) is 4.58. The summed E-state index contributed by atoms with van der Waals surface area (Å²) in [6.45, 7) is 13.7. The molecule has 1 aromatic carbocycles. The van der Waals surface area contributed by atoms with E-state index in [9.17, 15) is 8.42 Å². The molecule has 1 heterocycles. The maximum atomic E-state index is 11.5. The van der Waals surface area contributed by atoms with Crippen molar-refractivity contribution < 1.29 is 8.42 Å². The van der Waals surface area contributed by atoms with E-state index in [2.05, 4.69) is 51.0 Å². The molecule has 2 N–H and O–H groups in total. The minimum atomic E-state index is -3.27. The molecule has 9 heteroatoms. The monoisotopic (exact) mass is 537 g/mol. The normalized spacial score (nSPS) is 16.4. The van der Waals surface area contributed by atoms with Crippen LogP contribution in [0.15, 0.2) is 29.3 Å². The summed E-state index contributed by atoms with van der Waals surface area (Å²) >= 11 is 0. The third kappa shape index (κ3) is 9.63. The van der Waals surface area contributed by atoms with E-state index < -0.39 is 15.6 Å². The molecular formula is C20H36IN5O2S. The van der Waals surface area contributed by atoms with Crippen LogP contribution in [0.4, 0.5) is 0 Å². The zero-order valence-corrected chi connectivity index (χ0v) is 21.4. The predicted octanol–water partition coefficient (Wildman–Crippen LogP) is 2.02. The highest BCUT2D eigenvalue weighted by Gasteiger charge is 2.24. The van der Waals surface area contributed by atoms with E-state index in [4.69, 9.17) is 4.99 Å². The largest absolute Gasteiger partial charge is 0.357 e. The Morgan fingerprint density at radius 2 is 1.86 bits per heavy atom. The van der Waals surface area contributed by atoms with Crippen LogP contribution in [0.1, 0.15) is 31.9 Å². The lowest BCUT2D eigenvalue weighted by Gasteiger charge is -2.37. The zero-order chi connectivity index (χ0) is 20.8. The highest BCUT2D eigenvalue weighted by molar-refractivity contribution is 14.0. The molecule has 0 radical (unpaired) electrons. The molecule has 1 aliphatic rings. The quantitative estimate of drug-likeness (QED) is 0.316. The van der Waals surface area contributed by atoms with E-state index in [1.807, 2.05) is 20.8 Å². The molecule has 2 rings (SSSR count). The van der Waals surface area contributed by atoms with Gasteiger partial charge in [0.05, 0.1) is 12.8 Å². The summed E-state index contributed by atoms with van der Waals surface area (Å²) in [6.07, 6.45) is 1.18. The van der Waals surface area contributed by atoms with E-state index in [-0.39, 0.29) is 24.0 Å². The highest BCUT2D eigenvalue weighted by atomic mass is 127. The molecule has 0 aliphatic carbocycles. The average Bonchev–Trinajstić information content (AvgIpc) is 2.57. The number of nitrogens with one attached hydrogen (secondary N) is 2. The van der Waals surface area contributed by atoms with Crippen molar-refractivity contribution >= 4 is 40.0 Å². The van der Waals surface area contributed by atoms with Gasteiger partial charge < -0.3 is 10.2 Å². The van der Waals surface area contributed by atoms with E-state index in [1.54, 1.807) is 0 Å². The number of sulfonamides is 1. The number of rotatable bonds is 7. The molecule has 1 aliphatic heterocycles. The van der Waals surface area contributed by atoms with E-state index in [0.29, 0.717) is 6.54 Å². The molecule has 7 nitrogen and oxygen atoms in total. The van der Waals surface area contributed by atoms with Crippen LogP contribution in [-0.2, 0) is 16.6 Å². The topological polar surface area (TPSA) is 77.0 Å². The maximum absolute atomic E-state index is 11.5. The number of benzene rings is 1. The Kier molecular flexibility index (Phi) is 10.3. The Hall–Kier alpha value is -0.910. The van der Waals surface area contributed by atoms with E-state index >= 15 is 0 Å². The van der Waals surface area contributed by atoms with Gasteiger partial charge in [-0.05, 0) is 33.3 Å². The minimum Gasteiger partial charge on any atom is -0.357 e. The van der Waals surface area contributed by atoms with Crippen molar-refractivity contribution in [1.82, 2.24) is 19.8 Å². The first kappa shape index (κ1) is 26.1. The molecule has 0 spiro atoms. The van der Waals surface area contributed by atoms with Crippen LogP contribution in [0.5, 0.6) is 0 Å². The second-order valence-electron chi connectivity index (χ2n) is 8.18. The number of aryl methyl sites for hydroxylation is 1. The molecule has 0 atom stereocenters. The standard InChI is InChI=1S/C20H35N5O2S.HI/c1-6-21-19(22-16-20(3,4)23-28(5,26)27)25-12-10-24(11-13-25)15-18-9-7-8-17(2)14-18;/h7-9,14,23H,6,10-13,15-16H2,1-5H3,(H,21,22);1H. The number of piperazine rings is 1. The summed E-state index contributed by atoms with van der Waals surface area (Å²) in [6, 6.07) is 8.67. The van der Waals surface area contributed by atoms with Crippen molar-refractivity contribution in [2.24, 2.45) is 4.99 Å². The van der Waals surface area contributed by atoms with Gasteiger partial charge in [0.25, 0.3) is 0 Å². The van der Waals surface area contributed by atoms with Crippen molar-refractivity contribution in [1.29, 1.82) is 0 Å². The van der Waals surface area contributed by atoms with Gasteiger partial charge in [0.15, 0.2) is 5.96 Å². The molecule has 0 aromatic heterocycles. The number of hydrogen-bond acceptors (Lipinski definition) is 4. The van der Waals surface area contributed by atoms with Crippen LogP contribution >= 0.6 is 24.0 Å². The van der Waals surface area contributed by atoms with Crippen molar-refractivity contribution in [3.63, 3.8) is 0 Å². The van der Waals surface area contributed by atoms with Crippen LogP contribution in [0.2, 0.25) is 0 Å². The number of guanidine groups is 1. The zero-order valence-electron chi connectivity index (χ0n) is 18.2. The molecule has 1 saturated heterocycles. The van der Waals surface area contributed by atoms with Crippen molar-refractivity contribution in [3.8, 4) is 0 Å². The van der Waals surface area contributed by atoms with Gasteiger partial charge in [0, 0.05) is 44.8 Å². The lowest BCUT2D eigenvalue weighted by atomic mass is 10.1. The van der Waals surface area contributed by atoms with Gasteiger partial charge in [-0.2, -0.15) is 0 Å². The van der Waals surface area contributed by atoms with Gasteiger partial charge in [0.2, 0.25) is 10.0 Å². The third-order valence-corrected chi connectivity index (χ3v) is 5.50. The molecule has 0 bridgehead atoms. The fraction of sp³-hybridized carbons (Fsp3) is 0.650. The summed E-state index contributed by atoms with van der Waals surface area (Å²) in [7, 11) is -3.27. The van der Waals surface area contributed by atoms with Crippen molar-refractivity contribution in [3.05, 3.63) is 35.4 Å². The highest BCUT2D eigenvalue weighted by Crippen LogP contribution is 2.11. The summed E-state index contributed by atoms with van der Waals surface area (Å²) in [5.74, 6) is 0.848. The van der Waals surface area contributed by atoms with Gasteiger partial charge in [-0.25, -0.2) is 13.1 Å². The Bertz CT molecular complexity index is 775. The Morgan fingerprint density at radius 3 is 2.41 bits per heavy atom. The molecule has 0 amide bonds. The van der Waals surface area contributed by atoms with Gasteiger partial charge in [0.1, 0.15) is 0 Å². The van der Waals surface area contributed by atoms with Crippen molar-refractivity contribution in [2.45, 2.75) is 39.8 Å². The van der Waals surface area contributed by atoms with Crippen LogP contribution in [0.3, 0.4) is 0 Å². The second-order valence-corrected chi connectivity index (χ2v) is 9.93. The minimum absolute atomic E-state index is 0. The molecule has 0 saturated carbocycles. The smallest absolute Gasteiger partial charge is 0.209 e. The second kappa shape index (κ2) is 11.5. The summed E-state index contributed by atoms with van der Waals surface area (Å²) in [4.78, 5) is 9.42. The maximum Gasteiger partial charge on any atom is 0.209 e. The van der Waals surface area contributed by atoms with Gasteiger partial charge in [-0.3, -0.25) is 9.89 Å². The van der Waals surface area contributed by atoms with Crippen molar-refractivity contribution in [2.75, 3.05) is 45.5 Å². The number of aliphatic imine (C=N–C) groups is 1. The molecule has 29 heavy (non-hydrogen) atoms. The number of hydrogen-bond donors (Lipinski definition) is 2. The first-order valence-corrected chi connectivity index (χ1v) is 11.8. The van der Waals surface area contributed by atoms with E-state index in [0.717, 1.165) is 45.2 Å². The van der Waals surface area contributed by atoms with Gasteiger partial charge in [-0.1, -0.05) is 29.8 Å². The van der Waals surface area contributed by atoms with Gasteiger partial charge >= 0.3 is 0 Å². The Balaban J connectivity index is 0.00000420. The predicted molar refractivity (Wildman–Crippen MR) is 131 cm³/mol. The van der Waals surface area contributed by atoms with Crippen LogP contribution in [0.25, 0.3) is 0 Å². The molecular weight excluding hydrogens is 501 g/mol. The SMILES string of the molecule is CCNC(=NCC(C)(C)NS(C)(=O)=O)N1CCN(Cc2cccc(C)c2)CC1.I. The summed E-state index contributed by atoms with van der Waals surface area (Å²) < 4.78 is 25.7. The molecule has 166 valence electrons. The fourth-order valence-electron chi connectivity index (χ4n) is 3.42. The summed E-state index contributed by atoms with van der Waals surface area (Å²) in [5, 5.41) is 3.34. The van der Waals surface area contributed by atoms with E-state index in [1.165, 1.54) is 17.4 Å². The first-order valence-electron chi connectivity index (χ1n) is 9.88. The average molecular weight is 538 g/mol. The van der Waals surface area contributed by atoms with Crippen LogP contribution in [-0.4, -0.2) is 75.2 Å². The summed E-state index contributed by atoms with van der Waals surface area (Å²) in [5.41, 5.74) is 2.02. The first-order chi connectivity index (χ1) is 13.1. The lowest BCUT2D eigenvalue weighted by molar-refractivity contribution is 0.172. The van der Waals surface area contributed by atoms with Crippen LogP contribution < -0.4 is 10.0 Å². The molecule has 1 fully saturated rings. The molecule has 0 unspecified atom stereocenters. The number of halogens is 1. The molecule has 1 aromatic rings. The Morgan fingerprint density at radius 1 is 1.21 bits per heavy atom.